The van der Waals surface area contributed by atoms with Crippen LogP contribution in [0.15, 0.2) is 24.3 Å². The highest BCUT2D eigenvalue weighted by Gasteiger charge is 2.49. The van der Waals surface area contributed by atoms with Crippen LogP contribution in [0.25, 0.3) is 0 Å². The molecule has 0 aromatic heterocycles. The summed E-state index contributed by atoms with van der Waals surface area (Å²) in [7, 11) is 0.0939. The second-order valence-corrected chi connectivity index (χ2v) is 15.6. The van der Waals surface area contributed by atoms with Crippen molar-refractivity contribution in [2.24, 2.45) is 23.7 Å². The average molecular weight is 401 g/mol. The highest BCUT2D eigenvalue weighted by Crippen LogP contribution is 2.65. The van der Waals surface area contributed by atoms with Crippen LogP contribution < -0.4 is 10.6 Å². The summed E-state index contributed by atoms with van der Waals surface area (Å²) in [5, 5.41) is 3.72. The van der Waals surface area contributed by atoms with E-state index < -0.39 is 0 Å². The summed E-state index contributed by atoms with van der Waals surface area (Å²) in [6, 6.07) is 9.90. The lowest BCUT2D eigenvalue weighted by molar-refractivity contribution is 0.254. The molecule has 2 saturated heterocycles. The second kappa shape index (κ2) is 7.73. The molecule has 2 aliphatic carbocycles. The third-order valence-electron chi connectivity index (χ3n) is 8.97. The lowest BCUT2D eigenvalue weighted by Crippen LogP contribution is -2.28. The molecule has 148 valence electrons. The Hall–Kier alpha value is 0.0800. The third-order valence-corrected chi connectivity index (χ3v) is 15.9. The van der Waals surface area contributed by atoms with E-state index in [1.807, 2.05) is 10.6 Å². The van der Waals surface area contributed by atoms with Gasteiger partial charge in [0.2, 0.25) is 0 Å². The molecule has 2 heterocycles. The van der Waals surface area contributed by atoms with Crippen LogP contribution in [0.4, 0.5) is 0 Å². The maximum Gasteiger partial charge on any atom is -0.0158 e. The molecule has 27 heavy (non-hydrogen) atoms. The molecule has 0 spiro atoms. The fraction of sp³-hybridized carbons (Fsp3) is 0.760. The molecule has 1 aromatic rings. The molecule has 0 amide bonds. The summed E-state index contributed by atoms with van der Waals surface area (Å²) in [6.07, 6.45) is 13.6. The minimum absolute atomic E-state index is 0.0259. The van der Waals surface area contributed by atoms with Crippen LogP contribution in [0.2, 0.25) is 0 Å². The number of benzene rings is 1. The zero-order valence-corrected chi connectivity index (χ0v) is 19.4. The minimum Gasteiger partial charge on any atom is -0.0711 e. The van der Waals surface area contributed by atoms with E-state index in [1.165, 1.54) is 51.4 Å². The van der Waals surface area contributed by atoms with Crippen molar-refractivity contribution in [3.05, 3.63) is 24.3 Å². The lowest BCUT2D eigenvalue weighted by atomic mass is 9.77. The average Bonchev–Trinajstić information content (AvgIpc) is 3.17. The van der Waals surface area contributed by atoms with Crippen LogP contribution in [-0.4, -0.2) is 23.1 Å². The molecule has 0 N–H and O–H groups in total. The van der Waals surface area contributed by atoms with Gasteiger partial charge in [-0.1, -0.05) is 86.6 Å². The van der Waals surface area contributed by atoms with Gasteiger partial charge in [0.1, 0.15) is 0 Å². The largest absolute Gasteiger partial charge is 0.0711 e. The predicted octanol–water partition coefficient (Wildman–Crippen LogP) is 6.71. The van der Waals surface area contributed by atoms with E-state index in [2.05, 4.69) is 45.0 Å². The van der Waals surface area contributed by atoms with Gasteiger partial charge in [-0.3, -0.25) is 0 Å². The first-order chi connectivity index (χ1) is 13.2. The van der Waals surface area contributed by atoms with Crippen LogP contribution in [0.1, 0.15) is 72.1 Å². The monoisotopic (exact) mass is 400 g/mol. The summed E-state index contributed by atoms with van der Waals surface area (Å²) in [5.74, 6) is 4.17. The van der Waals surface area contributed by atoms with E-state index in [0.29, 0.717) is 0 Å². The first-order valence-electron chi connectivity index (χ1n) is 11.8. The maximum atomic E-state index is 2.64. The summed E-state index contributed by atoms with van der Waals surface area (Å²) in [6.45, 7) is 7.91. The molecule has 2 aliphatic heterocycles. The van der Waals surface area contributed by atoms with E-state index >= 15 is 0 Å². The maximum absolute atomic E-state index is 2.64. The molecule has 4 aliphatic rings. The third kappa shape index (κ3) is 3.17. The van der Waals surface area contributed by atoms with Crippen molar-refractivity contribution in [2.75, 3.05) is 6.16 Å². The highest BCUT2D eigenvalue weighted by molar-refractivity contribution is 7.73. The highest BCUT2D eigenvalue weighted by atomic mass is 31.1. The van der Waals surface area contributed by atoms with E-state index in [9.17, 15) is 0 Å². The number of hydrogen-bond donors (Lipinski definition) is 0. The smallest absolute Gasteiger partial charge is 0.0158 e. The van der Waals surface area contributed by atoms with Gasteiger partial charge in [0, 0.05) is 0 Å². The summed E-state index contributed by atoms with van der Waals surface area (Å²) < 4.78 is 0. The van der Waals surface area contributed by atoms with Crippen LogP contribution in [0, 0.1) is 23.7 Å². The summed E-state index contributed by atoms with van der Waals surface area (Å²) in [5.41, 5.74) is 2.88. The minimum atomic E-state index is 0.0259. The predicted molar refractivity (Wildman–Crippen MR) is 124 cm³/mol. The second-order valence-electron chi connectivity index (χ2n) is 10.1. The Balaban J connectivity index is 1.48. The lowest BCUT2D eigenvalue weighted by Gasteiger charge is -2.30. The molecule has 8 atom stereocenters. The normalized spacial score (nSPS) is 44.9. The van der Waals surface area contributed by atoms with Crippen molar-refractivity contribution in [2.45, 2.75) is 89.1 Å². The molecular formula is C25H38P2. The molecule has 2 saturated carbocycles. The Morgan fingerprint density at radius 2 is 1.22 bits per heavy atom. The number of hydrogen-bond acceptors (Lipinski definition) is 0. The Morgan fingerprint density at radius 1 is 0.667 bits per heavy atom. The van der Waals surface area contributed by atoms with Gasteiger partial charge in [-0.05, 0) is 83.1 Å². The van der Waals surface area contributed by atoms with Gasteiger partial charge in [0.25, 0.3) is 0 Å². The fourth-order valence-corrected chi connectivity index (χ4v) is 15.5. The van der Waals surface area contributed by atoms with Crippen molar-refractivity contribution in [1.82, 2.24) is 0 Å². The van der Waals surface area contributed by atoms with Crippen molar-refractivity contribution in [3.8, 4) is 0 Å². The van der Waals surface area contributed by atoms with Crippen LogP contribution in [-0.2, 0) is 0 Å². The summed E-state index contributed by atoms with van der Waals surface area (Å²) >= 11 is 0. The Morgan fingerprint density at radius 3 is 1.85 bits per heavy atom. The van der Waals surface area contributed by atoms with Crippen molar-refractivity contribution < 1.29 is 0 Å². The molecule has 1 unspecified atom stereocenters. The van der Waals surface area contributed by atoms with E-state index in [-0.39, 0.29) is 15.8 Å². The van der Waals surface area contributed by atoms with E-state index in [1.54, 1.807) is 6.16 Å². The van der Waals surface area contributed by atoms with Gasteiger partial charge in [-0.2, -0.15) is 0 Å². The van der Waals surface area contributed by atoms with E-state index in [4.69, 9.17) is 0 Å². The van der Waals surface area contributed by atoms with Gasteiger partial charge in [0.05, 0.1) is 0 Å². The molecule has 1 aromatic carbocycles. The topological polar surface area (TPSA) is 0 Å². The molecule has 0 radical (unpaired) electrons. The number of rotatable bonds is 2. The molecule has 2 heteroatoms. The first kappa shape index (κ1) is 19.1. The molecule has 0 nitrogen and oxygen atoms in total. The zero-order chi connectivity index (χ0) is 18.5. The molecular weight excluding hydrogens is 362 g/mol. The van der Waals surface area contributed by atoms with Crippen LogP contribution >= 0.6 is 15.8 Å². The van der Waals surface area contributed by atoms with Gasteiger partial charge in [-0.15, -0.1) is 0 Å². The first-order valence-corrected chi connectivity index (χ1v) is 14.9. The van der Waals surface area contributed by atoms with E-state index in [0.717, 1.165) is 40.6 Å². The summed E-state index contributed by atoms with van der Waals surface area (Å²) in [4.78, 5) is 0. The van der Waals surface area contributed by atoms with Gasteiger partial charge in [0.15, 0.2) is 0 Å². The standard InChI is InChI=1S/C25H38P2/c1-17-21-11-5-4-10-20(21)16-26(17)24-14-8-9-15-25(24)27-18(2)22-12-6-7-13-23(22)19(27)3/h8-9,14-15,17-23H,4-7,10-13,16H2,1-3H3/t17-,18-,19-,20-,21-,22-,23-,26?/m1/s1. The molecule has 0 bridgehead atoms. The zero-order valence-electron chi connectivity index (χ0n) is 17.6. The number of fused-ring (bicyclic) bond motifs is 2. The van der Waals surface area contributed by atoms with Crippen molar-refractivity contribution >= 4 is 26.5 Å². The fourth-order valence-electron chi connectivity index (χ4n) is 7.60. The van der Waals surface area contributed by atoms with Gasteiger partial charge in [-0.25, -0.2) is 0 Å². The van der Waals surface area contributed by atoms with Crippen LogP contribution in [0.5, 0.6) is 0 Å². The Labute approximate surface area is 169 Å². The Kier molecular flexibility index (Phi) is 5.46. The quantitative estimate of drug-likeness (QED) is 0.484. The van der Waals surface area contributed by atoms with Crippen molar-refractivity contribution in [1.29, 1.82) is 0 Å². The van der Waals surface area contributed by atoms with Gasteiger partial charge >= 0.3 is 0 Å². The molecule has 4 fully saturated rings. The van der Waals surface area contributed by atoms with Crippen LogP contribution in [0.3, 0.4) is 0 Å². The Bertz CT molecular complexity index is 652. The molecule has 5 rings (SSSR count). The van der Waals surface area contributed by atoms with Crippen molar-refractivity contribution in [3.63, 3.8) is 0 Å². The van der Waals surface area contributed by atoms with Gasteiger partial charge < -0.3 is 0 Å². The SMILES string of the molecule is C[C@@H]1[C@H]2CCCC[C@@H]2CP1c1ccccc1P1[C@H](C)[C@H]2CCCC[C@@H]2[C@H]1C.